The lowest BCUT2D eigenvalue weighted by Gasteiger charge is -2.09. The molecular formula is C9H14ClN3O3. The first kappa shape index (κ1) is 14.6. The Labute approximate surface area is 99.4 Å². The molecule has 16 heavy (non-hydrogen) atoms. The van der Waals surface area contributed by atoms with Gasteiger partial charge in [-0.15, -0.1) is 12.4 Å². The van der Waals surface area contributed by atoms with Gasteiger partial charge in [0.15, 0.2) is 0 Å². The summed E-state index contributed by atoms with van der Waals surface area (Å²) in [6.07, 6.45) is 0.584. The third-order valence-corrected chi connectivity index (χ3v) is 2.07. The van der Waals surface area contributed by atoms with Gasteiger partial charge in [0, 0.05) is 12.1 Å². The van der Waals surface area contributed by atoms with E-state index >= 15 is 0 Å². The summed E-state index contributed by atoms with van der Waals surface area (Å²) >= 11 is 0. The van der Waals surface area contributed by atoms with E-state index in [4.69, 9.17) is 10.5 Å². The molecule has 1 aromatic rings. The maximum atomic E-state index is 10.7. The summed E-state index contributed by atoms with van der Waals surface area (Å²) in [5.41, 5.74) is 5.93. The maximum absolute atomic E-state index is 10.7. The van der Waals surface area contributed by atoms with E-state index < -0.39 is 11.0 Å². The molecule has 0 aliphatic heterocycles. The van der Waals surface area contributed by atoms with Crippen LogP contribution in [-0.2, 0) is 0 Å². The van der Waals surface area contributed by atoms with Crippen LogP contribution in [0.4, 0.5) is 5.69 Å². The number of aromatic nitrogens is 1. The van der Waals surface area contributed by atoms with Crippen LogP contribution >= 0.6 is 12.4 Å². The highest BCUT2D eigenvalue weighted by Gasteiger charge is 2.20. The third kappa shape index (κ3) is 3.04. The zero-order valence-corrected chi connectivity index (χ0v) is 9.86. The van der Waals surface area contributed by atoms with Crippen molar-refractivity contribution in [2.24, 2.45) is 5.73 Å². The summed E-state index contributed by atoms with van der Waals surface area (Å²) in [6.45, 7) is 1.84. The SMILES string of the molecule is CCC(N)c1nc(OC)ccc1[N+](=O)[O-].Cl. The molecule has 1 heterocycles. The smallest absolute Gasteiger partial charge is 0.292 e. The van der Waals surface area contributed by atoms with Crippen molar-refractivity contribution < 1.29 is 9.66 Å². The van der Waals surface area contributed by atoms with Crippen molar-refractivity contribution in [1.29, 1.82) is 0 Å². The van der Waals surface area contributed by atoms with E-state index in [2.05, 4.69) is 4.98 Å². The van der Waals surface area contributed by atoms with Crippen molar-refractivity contribution in [2.75, 3.05) is 7.11 Å². The first-order chi connectivity index (χ1) is 7.10. The van der Waals surface area contributed by atoms with Gasteiger partial charge < -0.3 is 10.5 Å². The summed E-state index contributed by atoms with van der Waals surface area (Å²) in [5, 5.41) is 10.7. The summed E-state index contributed by atoms with van der Waals surface area (Å²) in [6, 6.07) is 2.36. The Kier molecular flexibility index (Phi) is 5.69. The van der Waals surface area contributed by atoms with Crippen LogP contribution in [0.25, 0.3) is 0 Å². The Balaban J connectivity index is 0.00000225. The van der Waals surface area contributed by atoms with Crippen LogP contribution in [0.3, 0.4) is 0 Å². The Bertz CT molecular complexity index is 373. The van der Waals surface area contributed by atoms with Gasteiger partial charge in [0.05, 0.1) is 18.1 Å². The second-order valence-electron chi connectivity index (χ2n) is 3.03. The Morgan fingerprint density at radius 1 is 1.62 bits per heavy atom. The monoisotopic (exact) mass is 247 g/mol. The van der Waals surface area contributed by atoms with Crippen LogP contribution in [0, 0.1) is 10.1 Å². The fraction of sp³-hybridized carbons (Fsp3) is 0.444. The molecule has 0 spiro atoms. The first-order valence-corrected chi connectivity index (χ1v) is 4.55. The molecule has 0 aromatic carbocycles. The maximum Gasteiger partial charge on any atom is 0.292 e. The fourth-order valence-electron chi connectivity index (χ4n) is 1.18. The molecule has 0 bridgehead atoms. The second-order valence-corrected chi connectivity index (χ2v) is 3.03. The van der Waals surface area contributed by atoms with Gasteiger partial charge in [-0.1, -0.05) is 6.92 Å². The Hall–Kier alpha value is -1.40. The molecule has 6 nitrogen and oxygen atoms in total. The van der Waals surface area contributed by atoms with Crippen LogP contribution in [-0.4, -0.2) is 17.0 Å². The Morgan fingerprint density at radius 3 is 2.69 bits per heavy atom. The number of nitrogens with two attached hydrogens (primary N) is 1. The largest absolute Gasteiger partial charge is 0.481 e. The summed E-state index contributed by atoms with van der Waals surface area (Å²) in [7, 11) is 1.45. The number of nitrogens with zero attached hydrogens (tertiary/aromatic N) is 2. The highest BCUT2D eigenvalue weighted by Crippen LogP contribution is 2.25. The number of methoxy groups -OCH3 is 1. The molecule has 0 radical (unpaired) electrons. The average Bonchev–Trinajstić information content (AvgIpc) is 2.26. The lowest BCUT2D eigenvalue weighted by atomic mass is 10.1. The standard InChI is InChI=1S/C9H13N3O3.ClH/c1-3-6(10)9-7(12(13)14)4-5-8(11-9)15-2;/h4-6H,3,10H2,1-2H3;1H. The number of pyridine rings is 1. The molecule has 0 amide bonds. The summed E-state index contributed by atoms with van der Waals surface area (Å²) < 4.78 is 4.89. The lowest BCUT2D eigenvalue weighted by molar-refractivity contribution is -0.386. The molecule has 0 aliphatic carbocycles. The highest BCUT2D eigenvalue weighted by molar-refractivity contribution is 5.85. The first-order valence-electron chi connectivity index (χ1n) is 4.55. The molecule has 1 unspecified atom stereocenters. The van der Waals surface area contributed by atoms with E-state index in [0.29, 0.717) is 12.3 Å². The van der Waals surface area contributed by atoms with Crippen molar-refractivity contribution in [3.05, 3.63) is 27.9 Å². The van der Waals surface area contributed by atoms with Crippen molar-refractivity contribution in [2.45, 2.75) is 19.4 Å². The number of halogens is 1. The number of rotatable bonds is 4. The van der Waals surface area contributed by atoms with E-state index in [1.54, 1.807) is 0 Å². The van der Waals surface area contributed by atoms with Gasteiger partial charge in [0.2, 0.25) is 5.88 Å². The van der Waals surface area contributed by atoms with Crippen molar-refractivity contribution in [3.8, 4) is 5.88 Å². The number of hydrogen-bond donors (Lipinski definition) is 1. The quantitative estimate of drug-likeness (QED) is 0.647. The molecule has 0 aliphatic rings. The van der Waals surface area contributed by atoms with Gasteiger partial charge in [-0.05, 0) is 6.42 Å². The van der Waals surface area contributed by atoms with Crippen LogP contribution in [0.5, 0.6) is 5.88 Å². The van der Waals surface area contributed by atoms with Crippen molar-refractivity contribution in [3.63, 3.8) is 0 Å². The molecule has 0 fully saturated rings. The topological polar surface area (TPSA) is 91.3 Å². The average molecular weight is 248 g/mol. The van der Waals surface area contributed by atoms with E-state index in [9.17, 15) is 10.1 Å². The van der Waals surface area contributed by atoms with Crippen LogP contribution in [0.15, 0.2) is 12.1 Å². The molecule has 1 rings (SSSR count). The number of nitro groups is 1. The fourth-order valence-corrected chi connectivity index (χ4v) is 1.18. The molecule has 1 aromatic heterocycles. The minimum atomic E-state index is -0.489. The van der Waals surface area contributed by atoms with Crippen LogP contribution < -0.4 is 10.5 Å². The van der Waals surface area contributed by atoms with Crippen LogP contribution in [0.2, 0.25) is 0 Å². The highest BCUT2D eigenvalue weighted by atomic mass is 35.5. The zero-order chi connectivity index (χ0) is 11.4. The molecular weight excluding hydrogens is 234 g/mol. The molecule has 1 atom stereocenters. The molecule has 7 heteroatoms. The van der Waals surface area contributed by atoms with E-state index in [0.717, 1.165) is 0 Å². The van der Waals surface area contributed by atoms with E-state index in [-0.39, 0.29) is 23.8 Å². The van der Waals surface area contributed by atoms with Crippen molar-refractivity contribution in [1.82, 2.24) is 4.98 Å². The normalized spacial score (nSPS) is 11.4. The minimum Gasteiger partial charge on any atom is -0.481 e. The number of ether oxygens (including phenoxy) is 1. The number of hydrogen-bond acceptors (Lipinski definition) is 5. The zero-order valence-electron chi connectivity index (χ0n) is 9.04. The second kappa shape index (κ2) is 6.24. The van der Waals surface area contributed by atoms with Gasteiger partial charge >= 0.3 is 0 Å². The summed E-state index contributed by atoms with van der Waals surface area (Å²) in [5.74, 6) is 0.333. The third-order valence-electron chi connectivity index (χ3n) is 2.07. The van der Waals surface area contributed by atoms with Crippen molar-refractivity contribution >= 4 is 18.1 Å². The molecule has 0 saturated carbocycles. The van der Waals surface area contributed by atoms with E-state index in [1.807, 2.05) is 6.92 Å². The van der Waals surface area contributed by atoms with E-state index in [1.165, 1.54) is 19.2 Å². The molecule has 90 valence electrons. The Morgan fingerprint density at radius 2 is 2.25 bits per heavy atom. The van der Waals surface area contributed by atoms with Gasteiger partial charge in [-0.2, -0.15) is 0 Å². The van der Waals surface area contributed by atoms with Crippen LogP contribution in [0.1, 0.15) is 25.1 Å². The summed E-state index contributed by atoms with van der Waals surface area (Å²) in [4.78, 5) is 14.2. The molecule has 0 saturated heterocycles. The predicted octanol–water partition coefficient (Wildman–Crippen LogP) is 1.83. The predicted molar refractivity (Wildman–Crippen MR) is 61.9 cm³/mol. The minimum absolute atomic E-state index is 0. The molecule has 2 N–H and O–H groups in total. The lowest BCUT2D eigenvalue weighted by Crippen LogP contribution is -2.13. The van der Waals surface area contributed by atoms with Gasteiger partial charge in [-0.25, -0.2) is 4.98 Å². The van der Waals surface area contributed by atoms with Gasteiger partial charge in [0.1, 0.15) is 5.69 Å². The van der Waals surface area contributed by atoms with Gasteiger partial charge in [-0.3, -0.25) is 10.1 Å². The van der Waals surface area contributed by atoms with Gasteiger partial charge in [0.25, 0.3) is 5.69 Å².